The van der Waals surface area contributed by atoms with Gasteiger partial charge in [-0.2, -0.15) is 0 Å². The Labute approximate surface area is 83.3 Å². The van der Waals surface area contributed by atoms with Gasteiger partial charge in [0.1, 0.15) is 6.10 Å². The van der Waals surface area contributed by atoms with Crippen molar-refractivity contribution in [2.45, 2.75) is 38.8 Å². The van der Waals surface area contributed by atoms with Gasteiger partial charge in [-0.3, -0.25) is 9.59 Å². The summed E-state index contributed by atoms with van der Waals surface area (Å²) < 4.78 is 5.01. The molecule has 1 rings (SSSR count). The second-order valence-electron chi connectivity index (χ2n) is 3.42. The highest BCUT2D eigenvalue weighted by molar-refractivity contribution is 5.73. The number of amides is 1. The maximum atomic E-state index is 10.7. The minimum atomic E-state index is -0.266. The summed E-state index contributed by atoms with van der Waals surface area (Å²) in [6, 6.07) is 0.0827. The van der Waals surface area contributed by atoms with E-state index >= 15 is 0 Å². The van der Waals surface area contributed by atoms with Crippen LogP contribution >= 0.6 is 0 Å². The molecule has 0 aliphatic heterocycles. The first-order valence-electron chi connectivity index (χ1n) is 4.70. The van der Waals surface area contributed by atoms with Gasteiger partial charge < -0.3 is 10.1 Å². The molecule has 0 unspecified atom stereocenters. The van der Waals surface area contributed by atoms with Gasteiger partial charge in [0.15, 0.2) is 0 Å². The van der Waals surface area contributed by atoms with Crippen molar-refractivity contribution >= 4 is 11.9 Å². The summed E-state index contributed by atoms with van der Waals surface area (Å²) in [5, 5.41) is 2.79. The van der Waals surface area contributed by atoms with Crippen molar-refractivity contribution in [2.24, 2.45) is 0 Å². The molecule has 0 saturated heterocycles. The van der Waals surface area contributed by atoms with Gasteiger partial charge in [-0.05, 0) is 18.9 Å². The Bertz CT molecular complexity index is 234. The van der Waals surface area contributed by atoms with E-state index in [2.05, 4.69) is 5.32 Å². The molecule has 0 radical (unpaired) electrons. The first-order valence-corrected chi connectivity index (χ1v) is 4.70. The molecule has 1 amide bonds. The summed E-state index contributed by atoms with van der Waals surface area (Å²) in [6.07, 6.45) is 5.15. The molecular formula is C10H15NO3. The van der Waals surface area contributed by atoms with Gasteiger partial charge in [0, 0.05) is 19.9 Å². The van der Waals surface area contributed by atoms with Crippen LogP contribution in [0.5, 0.6) is 0 Å². The number of ether oxygens (including phenoxy) is 1. The van der Waals surface area contributed by atoms with Crippen molar-refractivity contribution in [3.63, 3.8) is 0 Å². The lowest BCUT2D eigenvalue weighted by molar-refractivity contribution is -0.144. The fourth-order valence-corrected chi connectivity index (χ4v) is 1.49. The predicted octanol–water partition coefficient (Wildman–Crippen LogP) is 0.773. The Kier molecular flexibility index (Phi) is 3.68. The van der Waals surface area contributed by atoms with Crippen LogP contribution in [0.15, 0.2) is 12.2 Å². The van der Waals surface area contributed by atoms with Crippen LogP contribution in [0.4, 0.5) is 0 Å². The largest absolute Gasteiger partial charge is 0.458 e. The van der Waals surface area contributed by atoms with Crippen molar-refractivity contribution in [2.75, 3.05) is 0 Å². The number of hydrogen-bond acceptors (Lipinski definition) is 3. The van der Waals surface area contributed by atoms with Gasteiger partial charge in [-0.25, -0.2) is 0 Å². The Morgan fingerprint density at radius 1 is 1.29 bits per heavy atom. The molecule has 0 aromatic heterocycles. The van der Waals surface area contributed by atoms with Crippen LogP contribution in [0.3, 0.4) is 0 Å². The number of carbonyl (C=O) groups excluding carboxylic acids is 2. The van der Waals surface area contributed by atoms with Crippen LogP contribution in [0.25, 0.3) is 0 Å². The van der Waals surface area contributed by atoms with E-state index in [1.165, 1.54) is 13.8 Å². The Morgan fingerprint density at radius 3 is 2.43 bits per heavy atom. The minimum Gasteiger partial charge on any atom is -0.458 e. The average molecular weight is 197 g/mol. The third-order valence-corrected chi connectivity index (χ3v) is 2.03. The quantitative estimate of drug-likeness (QED) is 0.525. The third-order valence-electron chi connectivity index (χ3n) is 2.03. The summed E-state index contributed by atoms with van der Waals surface area (Å²) in [7, 11) is 0. The second-order valence-corrected chi connectivity index (χ2v) is 3.42. The zero-order valence-electron chi connectivity index (χ0n) is 8.45. The predicted molar refractivity (Wildman–Crippen MR) is 51.5 cm³/mol. The number of rotatable bonds is 2. The van der Waals surface area contributed by atoms with Crippen molar-refractivity contribution in [1.82, 2.24) is 5.32 Å². The van der Waals surface area contributed by atoms with E-state index in [1.54, 1.807) is 0 Å². The molecule has 4 nitrogen and oxygen atoms in total. The first kappa shape index (κ1) is 10.8. The monoisotopic (exact) mass is 197 g/mol. The summed E-state index contributed by atoms with van der Waals surface area (Å²) in [5.74, 6) is -0.303. The smallest absolute Gasteiger partial charge is 0.303 e. The second kappa shape index (κ2) is 4.79. The van der Waals surface area contributed by atoms with Gasteiger partial charge in [-0.15, -0.1) is 0 Å². The molecule has 0 saturated carbocycles. The van der Waals surface area contributed by atoms with E-state index in [4.69, 9.17) is 4.74 Å². The summed E-state index contributed by atoms with van der Waals surface area (Å²) in [6.45, 7) is 2.89. The van der Waals surface area contributed by atoms with Crippen molar-refractivity contribution < 1.29 is 14.3 Å². The van der Waals surface area contributed by atoms with Gasteiger partial charge >= 0.3 is 5.97 Å². The fraction of sp³-hybridized carbons (Fsp3) is 0.600. The van der Waals surface area contributed by atoms with Gasteiger partial charge in [-0.1, -0.05) is 6.08 Å². The van der Waals surface area contributed by atoms with Crippen LogP contribution in [0.1, 0.15) is 26.7 Å². The lowest BCUT2D eigenvalue weighted by atomic mass is 10.0. The molecule has 0 bridgehead atoms. The van der Waals surface area contributed by atoms with Crippen LogP contribution in [-0.4, -0.2) is 24.0 Å². The summed E-state index contributed by atoms with van der Waals surface area (Å²) in [5.41, 5.74) is 0. The van der Waals surface area contributed by atoms with E-state index < -0.39 is 0 Å². The molecule has 1 N–H and O–H groups in total. The molecule has 0 fully saturated rings. The molecule has 1 aliphatic rings. The fourth-order valence-electron chi connectivity index (χ4n) is 1.49. The molecular weight excluding hydrogens is 182 g/mol. The van der Waals surface area contributed by atoms with E-state index in [1.807, 2.05) is 12.2 Å². The summed E-state index contributed by atoms with van der Waals surface area (Å²) >= 11 is 0. The van der Waals surface area contributed by atoms with E-state index in [-0.39, 0.29) is 24.0 Å². The topological polar surface area (TPSA) is 55.4 Å². The standard InChI is InChI=1S/C10H15NO3/c1-7(12)11-9-3-5-10(6-4-9)14-8(2)13/h3,5,9-10H,4,6H2,1-2H3,(H,11,12)/t9-,10+/m0/s1. The highest BCUT2D eigenvalue weighted by Crippen LogP contribution is 2.14. The number of carbonyl (C=O) groups is 2. The molecule has 2 atom stereocenters. The number of esters is 1. The number of nitrogens with one attached hydrogen (secondary N) is 1. The zero-order valence-corrected chi connectivity index (χ0v) is 8.45. The molecule has 1 aliphatic carbocycles. The third kappa shape index (κ3) is 3.60. The van der Waals surface area contributed by atoms with Gasteiger partial charge in [0.05, 0.1) is 0 Å². The maximum absolute atomic E-state index is 10.7. The Hall–Kier alpha value is -1.32. The lowest BCUT2D eigenvalue weighted by Gasteiger charge is -2.22. The maximum Gasteiger partial charge on any atom is 0.303 e. The van der Waals surface area contributed by atoms with E-state index in [0.29, 0.717) is 0 Å². The molecule has 78 valence electrons. The lowest BCUT2D eigenvalue weighted by Crippen LogP contribution is -2.35. The highest BCUT2D eigenvalue weighted by Gasteiger charge is 2.17. The molecule has 14 heavy (non-hydrogen) atoms. The highest BCUT2D eigenvalue weighted by atomic mass is 16.5. The Morgan fingerprint density at radius 2 is 2.00 bits per heavy atom. The first-order chi connectivity index (χ1) is 6.58. The summed E-state index contributed by atoms with van der Waals surface area (Å²) in [4.78, 5) is 21.4. The molecule has 0 aromatic carbocycles. The van der Waals surface area contributed by atoms with Crippen molar-refractivity contribution in [3.8, 4) is 0 Å². The SMILES string of the molecule is CC(=O)N[C@H]1C=C[C@@H](OC(C)=O)CC1. The average Bonchev–Trinajstić information content (AvgIpc) is 2.06. The van der Waals surface area contributed by atoms with Crippen LogP contribution in [0, 0.1) is 0 Å². The Balaban J connectivity index is 2.39. The molecule has 0 aromatic rings. The molecule has 0 spiro atoms. The minimum absolute atomic E-state index is 0.0365. The number of hydrogen-bond donors (Lipinski definition) is 1. The molecule has 4 heteroatoms. The van der Waals surface area contributed by atoms with E-state index in [0.717, 1.165) is 12.8 Å². The van der Waals surface area contributed by atoms with Crippen molar-refractivity contribution in [1.29, 1.82) is 0 Å². The van der Waals surface area contributed by atoms with Gasteiger partial charge in [0.25, 0.3) is 0 Å². The molecule has 0 heterocycles. The normalized spacial score (nSPS) is 25.6. The zero-order chi connectivity index (χ0) is 10.6. The van der Waals surface area contributed by atoms with Crippen LogP contribution < -0.4 is 5.32 Å². The van der Waals surface area contributed by atoms with Crippen molar-refractivity contribution in [3.05, 3.63) is 12.2 Å². The van der Waals surface area contributed by atoms with Gasteiger partial charge in [0.2, 0.25) is 5.91 Å². The van der Waals surface area contributed by atoms with E-state index in [9.17, 15) is 9.59 Å². The van der Waals surface area contributed by atoms with Crippen LogP contribution in [-0.2, 0) is 14.3 Å². The van der Waals surface area contributed by atoms with Crippen LogP contribution in [0.2, 0.25) is 0 Å².